The number of halogens is 2. The van der Waals surface area contributed by atoms with Gasteiger partial charge in [0.15, 0.2) is 0 Å². The highest BCUT2D eigenvalue weighted by atomic mass is 127. The first-order valence-electron chi connectivity index (χ1n) is 6.62. The average Bonchev–Trinajstić information content (AvgIpc) is 2.43. The van der Waals surface area contributed by atoms with E-state index in [2.05, 4.69) is 32.8 Å². The Labute approximate surface area is 131 Å². The summed E-state index contributed by atoms with van der Waals surface area (Å²) in [6, 6.07) is 5.77. The molecule has 1 amide bonds. The molecule has 3 fully saturated rings. The standard InChI is InChI=1S/C14H16ClIN2O/c15-11-7-10(1-2-12(11)16)14(19)17-13-8-18-5-3-9(13)4-6-18/h1-2,7,9,13H,3-6,8H2,(H,17,19). The molecule has 0 saturated carbocycles. The summed E-state index contributed by atoms with van der Waals surface area (Å²) in [5.41, 5.74) is 0.655. The number of amides is 1. The topological polar surface area (TPSA) is 32.3 Å². The minimum absolute atomic E-state index is 0.00273. The Balaban J connectivity index is 1.69. The fourth-order valence-electron chi connectivity index (χ4n) is 3.02. The maximum atomic E-state index is 12.3. The number of carbonyl (C=O) groups excluding carboxylic acids is 1. The lowest BCUT2D eigenvalue weighted by Crippen LogP contribution is -2.57. The molecule has 1 aromatic carbocycles. The Morgan fingerprint density at radius 2 is 2.11 bits per heavy atom. The fourth-order valence-corrected chi connectivity index (χ4v) is 3.53. The normalized spacial score (nSPS) is 29.3. The first-order valence-corrected chi connectivity index (χ1v) is 8.07. The molecule has 0 spiro atoms. The summed E-state index contributed by atoms with van der Waals surface area (Å²) < 4.78 is 0.971. The van der Waals surface area contributed by atoms with Gasteiger partial charge in [-0.15, -0.1) is 0 Å². The van der Waals surface area contributed by atoms with E-state index in [0.717, 1.165) is 10.1 Å². The van der Waals surface area contributed by atoms with E-state index in [1.54, 1.807) is 6.07 Å². The number of hydrogen-bond donors (Lipinski definition) is 1. The molecule has 3 heterocycles. The summed E-state index contributed by atoms with van der Waals surface area (Å²) in [5.74, 6) is 0.644. The predicted molar refractivity (Wildman–Crippen MR) is 84.6 cm³/mol. The number of fused-ring (bicyclic) bond motifs is 3. The van der Waals surface area contributed by atoms with Crippen LogP contribution >= 0.6 is 34.2 Å². The number of benzene rings is 1. The molecule has 102 valence electrons. The van der Waals surface area contributed by atoms with Crippen molar-refractivity contribution < 1.29 is 4.79 Å². The molecule has 19 heavy (non-hydrogen) atoms. The number of nitrogens with one attached hydrogen (secondary N) is 1. The summed E-state index contributed by atoms with van der Waals surface area (Å²) in [5, 5.41) is 3.81. The van der Waals surface area contributed by atoms with Crippen molar-refractivity contribution in [1.82, 2.24) is 10.2 Å². The second kappa shape index (κ2) is 5.58. The van der Waals surface area contributed by atoms with Crippen molar-refractivity contribution in [3.05, 3.63) is 32.4 Å². The number of rotatable bonds is 2. The van der Waals surface area contributed by atoms with Crippen LogP contribution in [-0.2, 0) is 0 Å². The molecule has 2 bridgehead atoms. The van der Waals surface area contributed by atoms with Gasteiger partial charge < -0.3 is 10.2 Å². The Bertz CT molecular complexity index is 500. The van der Waals surface area contributed by atoms with Gasteiger partial charge in [-0.05, 0) is 72.6 Å². The van der Waals surface area contributed by atoms with Crippen LogP contribution in [0.2, 0.25) is 5.02 Å². The number of nitrogens with zero attached hydrogens (tertiary/aromatic N) is 1. The van der Waals surface area contributed by atoms with Crippen molar-refractivity contribution >= 4 is 40.1 Å². The van der Waals surface area contributed by atoms with Crippen LogP contribution in [0.15, 0.2) is 18.2 Å². The van der Waals surface area contributed by atoms with Crippen LogP contribution in [0.25, 0.3) is 0 Å². The first-order chi connectivity index (χ1) is 9.13. The van der Waals surface area contributed by atoms with Gasteiger partial charge in [0, 0.05) is 21.7 Å². The van der Waals surface area contributed by atoms with E-state index in [1.807, 2.05) is 12.1 Å². The zero-order chi connectivity index (χ0) is 13.4. The third-order valence-electron chi connectivity index (χ3n) is 4.15. The summed E-state index contributed by atoms with van der Waals surface area (Å²) in [7, 11) is 0. The van der Waals surface area contributed by atoms with Crippen LogP contribution in [-0.4, -0.2) is 36.5 Å². The molecule has 1 unspecified atom stereocenters. The molecular formula is C14H16ClIN2O. The van der Waals surface area contributed by atoms with E-state index in [-0.39, 0.29) is 5.91 Å². The van der Waals surface area contributed by atoms with Gasteiger partial charge in [0.25, 0.3) is 5.91 Å². The lowest BCUT2D eigenvalue weighted by Gasteiger charge is -2.44. The number of hydrogen-bond acceptors (Lipinski definition) is 2. The average molecular weight is 391 g/mol. The Kier molecular flexibility index (Phi) is 4.01. The molecule has 3 aliphatic rings. The molecule has 0 aliphatic carbocycles. The van der Waals surface area contributed by atoms with Gasteiger partial charge in [0.2, 0.25) is 0 Å². The van der Waals surface area contributed by atoms with Crippen molar-refractivity contribution in [1.29, 1.82) is 0 Å². The zero-order valence-electron chi connectivity index (χ0n) is 10.5. The van der Waals surface area contributed by atoms with Crippen LogP contribution in [0.5, 0.6) is 0 Å². The van der Waals surface area contributed by atoms with Crippen LogP contribution in [0.1, 0.15) is 23.2 Å². The van der Waals surface area contributed by atoms with Crippen molar-refractivity contribution in [2.45, 2.75) is 18.9 Å². The Morgan fingerprint density at radius 1 is 1.37 bits per heavy atom. The second-order valence-corrected chi connectivity index (χ2v) is 6.92. The minimum Gasteiger partial charge on any atom is -0.348 e. The van der Waals surface area contributed by atoms with Gasteiger partial charge in [-0.2, -0.15) is 0 Å². The SMILES string of the molecule is O=C(NC1CN2CCC1CC2)c1ccc(I)c(Cl)c1. The van der Waals surface area contributed by atoms with E-state index in [0.29, 0.717) is 22.5 Å². The second-order valence-electron chi connectivity index (χ2n) is 5.35. The molecular weight excluding hydrogens is 375 g/mol. The molecule has 3 nitrogen and oxygen atoms in total. The van der Waals surface area contributed by atoms with Crippen molar-refractivity contribution in [3.8, 4) is 0 Å². The highest BCUT2D eigenvalue weighted by Gasteiger charge is 2.34. The molecule has 1 aromatic rings. The summed E-state index contributed by atoms with van der Waals surface area (Å²) in [4.78, 5) is 14.7. The van der Waals surface area contributed by atoms with Crippen molar-refractivity contribution in [3.63, 3.8) is 0 Å². The fraction of sp³-hybridized carbons (Fsp3) is 0.500. The van der Waals surface area contributed by atoms with Gasteiger partial charge in [0.05, 0.1) is 5.02 Å². The number of carbonyl (C=O) groups is 1. The third-order valence-corrected chi connectivity index (χ3v) is 5.73. The van der Waals surface area contributed by atoms with E-state index in [4.69, 9.17) is 11.6 Å². The molecule has 1 atom stereocenters. The smallest absolute Gasteiger partial charge is 0.251 e. The highest BCUT2D eigenvalue weighted by Crippen LogP contribution is 2.28. The molecule has 4 rings (SSSR count). The molecule has 3 aliphatic heterocycles. The van der Waals surface area contributed by atoms with Crippen LogP contribution < -0.4 is 5.32 Å². The Hall–Kier alpha value is -0.330. The van der Waals surface area contributed by atoms with E-state index in [1.165, 1.54) is 25.9 Å². The lowest BCUT2D eigenvalue weighted by molar-refractivity contribution is 0.0620. The third kappa shape index (κ3) is 2.90. The number of piperidine rings is 3. The van der Waals surface area contributed by atoms with Crippen LogP contribution in [0, 0.1) is 9.49 Å². The summed E-state index contributed by atoms with van der Waals surface area (Å²) >= 11 is 8.23. The molecule has 3 saturated heterocycles. The van der Waals surface area contributed by atoms with Crippen molar-refractivity contribution in [2.24, 2.45) is 5.92 Å². The van der Waals surface area contributed by atoms with Crippen LogP contribution in [0.4, 0.5) is 0 Å². The molecule has 5 heteroatoms. The first kappa shape index (κ1) is 13.6. The van der Waals surface area contributed by atoms with Crippen molar-refractivity contribution in [2.75, 3.05) is 19.6 Å². The molecule has 1 N–H and O–H groups in total. The highest BCUT2D eigenvalue weighted by molar-refractivity contribution is 14.1. The van der Waals surface area contributed by atoms with E-state index >= 15 is 0 Å². The van der Waals surface area contributed by atoms with Gasteiger partial charge in [-0.1, -0.05) is 11.6 Å². The van der Waals surface area contributed by atoms with Crippen LogP contribution in [0.3, 0.4) is 0 Å². The van der Waals surface area contributed by atoms with E-state index < -0.39 is 0 Å². The molecule has 0 aromatic heterocycles. The van der Waals surface area contributed by atoms with Gasteiger partial charge in [-0.3, -0.25) is 4.79 Å². The van der Waals surface area contributed by atoms with E-state index in [9.17, 15) is 4.79 Å². The summed E-state index contributed by atoms with van der Waals surface area (Å²) in [6.45, 7) is 3.37. The maximum absolute atomic E-state index is 12.3. The largest absolute Gasteiger partial charge is 0.348 e. The molecule has 0 radical (unpaired) electrons. The monoisotopic (exact) mass is 390 g/mol. The lowest BCUT2D eigenvalue weighted by atomic mass is 9.84. The van der Waals surface area contributed by atoms with Gasteiger partial charge in [-0.25, -0.2) is 0 Å². The maximum Gasteiger partial charge on any atom is 0.251 e. The Morgan fingerprint density at radius 3 is 2.68 bits per heavy atom. The quantitative estimate of drug-likeness (QED) is 0.788. The minimum atomic E-state index is -0.00273. The predicted octanol–water partition coefficient (Wildman–Crippen LogP) is 2.77. The zero-order valence-corrected chi connectivity index (χ0v) is 13.4. The van der Waals surface area contributed by atoms with Gasteiger partial charge >= 0.3 is 0 Å². The summed E-state index contributed by atoms with van der Waals surface area (Å²) in [6.07, 6.45) is 2.41. The van der Waals surface area contributed by atoms with Gasteiger partial charge in [0.1, 0.15) is 0 Å².